The predicted octanol–water partition coefficient (Wildman–Crippen LogP) is -0.278. The van der Waals surface area contributed by atoms with E-state index in [2.05, 4.69) is 13.2 Å². The fraction of sp³-hybridized carbons (Fsp3) is 0.600. The molecule has 0 bridgehead atoms. The molecule has 1 aromatic rings. The second-order valence-corrected chi connectivity index (χ2v) is 11.8. The van der Waals surface area contributed by atoms with Crippen LogP contribution in [0.25, 0.3) is 0 Å². The molecule has 5 rings (SSSR count). The van der Waals surface area contributed by atoms with Crippen LogP contribution in [0.15, 0.2) is 48.6 Å². The van der Waals surface area contributed by atoms with Crippen molar-refractivity contribution in [2.75, 3.05) is 6.61 Å². The summed E-state index contributed by atoms with van der Waals surface area (Å²) in [6.45, 7) is 9.48. The van der Waals surface area contributed by atoms with Gasteiger partial charge in [-0.15, -0.1) is 0 Å². The molecule has 12 heteroatoms. The molecule has 4 aliphatic rings. The molecule has 4 fully saturated rings. The number of benzene rings is 1. The lowest BCUT2D eigenvalue weighted by atomic mass is 9.79. The number of phenolic OH excluding ortho intramolecular Hbond substituents is 1. The van der Waals surface area contributed by atoms with E-state index in [4.69, 9.17) is 18.9 Å². The van der Waals surface area contributed by atoms with Crippen molar-refractivity contribution in [3.63, 3.8) is 0 Å². The normalized spacial score (nSPS) is 40.6. The highest BCUT2D eigenvalue weighted by molar-refractivity contribution is 5.91. The van der Waals surface area contributed by atoms with Gasteiger partial charge in [0.2, 0.25) is 0 Å². The van der Waals surface area contributed by atoms with Gasteiger partial charge in [0.25, 0.3) is 0 Å². The number of phenols is 1. The van der Waals surface area contributed by atoms with E-state index in [0.29, 0.717) is 12.0 Å². The number of carbonyl (C=O) groups excluding carboxylic acids is 2. The van der Waals surface area contributed by atoms with Crippen LogP contribution in [0.2, 0.25) is 0 Å². The van der Waals surface area contributed by atoms with Crippen molar-refractivity contribution in [3.8, 4) is 5.75 Å². The van der Waals surface area contributed by atoms with E-state index in [1.54, 1.807) is 12.1 Å². The van der Waals surface area contributed by atoms with Crippen LogP contribution in [0.1, 0.15) is 25.3 Å². The topological polar surface area (TPSA) is 192 Å². The van der Waals surface area contributed by atoms with Gasteiger partial charge in [-0.3, -0.25) is 0 Å². The Bertz CT molecular complexity index is 1200. The molecule has 0 radical (unpaired) electrons. The zero-order valence-electron chi connectivity index (χ0n) is 23.2. The lowest BCUT2D eigenvalue weighted by molar-refractivity contribution is -0.313. The van der Waals surface area contributed by atoms with E-state index in [1.807, 2.05) is 6.92 Å². The number of ether oxygens (including phenoxy) is 4. The van der Waals surface area contributed by atoms with Crippen LogP contribution >= 0.6 is 0 Å². The summed E-state index contributed by atoms with van der Waals surface area (Å²) in [6, 6.07) is 6.08. The molecule has 230 valence electrons. The first-order chi connectivity index (χ1) is 19.9. The number of aliphatic hydroxyl groups excluding tert-OH is 5. The molecule has 42 heavy (non-hydrogen) atoms. The quantitative estimate of drug-likeness (QED) is 0.139. The predicted molar refractivity (Wildman–Crippen MR) is 143 cm³/mol. The summed E-state index contributed by atoms with van der Waals surface area (Å²) in [5.74, 6) is -2.92. The number of rotatable bonds is 7. The first-order valence-corrected chi connectivity index (χ1v) is 14.1. The van der Waals surface area contributed by atoms with Crippen molar-refractivity contribution in [1.82, 2.24) is 0 Å². The third-order valence-corrected chi connectivity index (χ3v) is 9.24. The van der Waals surface area contributed by atoms with Crippen LogP contribution < -0.4 is 0 Å². The minimum atomic E-state index is -1.58. The van der Waals surface area contributed by atoms with E-state index in [1.165, 1.54) is 12.1 Å². The van der Waals surface area contributed by atoms with Crippen molar-refractivity contribution in [3.05, 3.63) is 54.1 Å². The van der Waals surface area contributed by atoms with Gasteiger partial charge in [0.1, 0.15) is 42.4 Å². The van der Waals surface area contributed by atoms with Gasteiger partial charge in [0.05, 0.1) is 18.6 Å². The van der Waals surface area contributed by atoms with Crippen LogP contribution in [-0.4, -0.2) is 104 Å². The number of fused-ring (bicyclic) bond motifs is 3. The van der Waals surface area contributed by atoms with Gasteiger partial charge in [-0.05, 0) is 36.0 Å². The molecule has 1 aromatic carbocycles. The average Bonchev–Trinajstić information content (AvgIpc) is 3.40. The molecule has 2 aliphatic heterocycles. The highest BCUT2D eigenvalue weighted by Gasteiger charge is 2.59. The maximum Gasteiger partial charge on any atom is 0.335 e. The van der Waals surface area contributed by atoms with Gasteiger partial charge in [-0.25, -0.2) is 9.59 Å². The molecule has 2 aliphatic carbocycles. The Morgan fingerprint density at radius 3 is 2.45 bits per heavy atom. The zero-order valence-corrected chi connectivity index (χ0v) is 23.2. The minimum absolute atomic E-state index is 0.0312. The Morgan fingerprint density at radius 2 is 1.79 bits per heavy atom. The van der Waals surface area contributed by atoms with Crippen molar-refractivity contribution < 1.29 is 59.2 Å². The number of aromatic hydroxyl groups is 1. The first kappa shape index (κ1) is 30.6. The Kier molecular flexibility index (Phi) is 8.77. The van der Waals surface area contributed by atoms with E-state index in [0.717, 1.165) is 5.57 Å². The highest BCUT2D eigenvalue weighted by atomic mass is 16.7. The summed E-state index contributed by atoms with van der Waals surface area (Å²) in [5.41, 5.74) is 1.51. The van der Waals surface area contributed by atoms with Crippen LogP contribution in [0.3, 0.4) is 0 Å². The summed E-state index contributed by atoms with van der Waals surface area (Å²) < 4.78 is 23.2. The number of esters is 2. The largest absolute Gasteiger partial charge is 0.508 e. The molecule has 12 nitrogen and oxygen atoms in total. The summed E-state index contributed by atoms with van der Waals surface area (Å²) in [4.78, 5) is 25.7. The fourth-order valence-electron chi connectivity index (χ4n) is 6.91. The zero-order chi connectivity index (χ0) is 30.5. The smallest absolute Gasteiger partial charge is 0.335 e. The van der Waals surface area contributed by atoms with Crippen LogP contribution in [0.4, 0.5) is 0 Å². The third-order valence-electron chi connectivity index (χ3n) is 9.24. The van der Waals surface area contributed by atoms with Crippen LogP contribution in [-0.2, 0) is 35.0 Å². The molecular weight excluding hydrogens is 552 g/mol. The van der Waals surface area contributed by atoms with Crippen molar-refractivity contribution in [2.45, 2.75) is 81.3 Å². The molecule has 2 heterocycles. The van der Waals surface area contributed by atoms with E-state index < -0.39 is 79.6 Å². The average molecular weight is 591 g/mol. The standard InChI is InChI=1S/C30H38O12/c1-12-8-20(39-29(38)18(33)9-15-4-6-16(32)7-5-15)23-14(3)28(37)42-27(23)22-13(2)19(10-17(12)22)40-30-26(36)25(35)24(34)21(11-31)41-30/h4-7,13,17-27,30-36H,1,3,8-11H2,2H3/t13?,17?,18?,19?,20?,21-,22?,23?,24-,25+,26-,27?,30-/m1/s1. The maximum absolute atomic E-state index is 13.0. The van der Waals surface area contributed by atoms with E-state index in [9.17, 15) is 40.2 Å². The van der Waals surface area contributed by atoms with Gasteiger partial charge in [0, 0.05) is 24.3 Å². The molecule has 13 atom stereocenters. The molecule has 0 amide bonds. The molecule has 0 spiro atoms. The fourth-order valence-corrected chi connectivity index (χ4v) is 6.91. The summed E-state index contributed by atoms with van der Waals surface area (Å²) >= 11 is 0. The van der Waals surface area contributed by atoms with E-state index in [-0.39, 0.29) is 41.9 Å². The molecule has 6 N–H and O–H groups in total. The molecule has 2 saturated carbocycles. The van der Waals surface area contributed by atoms with Gasteiger partial charge in [-0.2, -0.15) is 0 Å². The Hall–Kier alpha value is -2.84. The second kappa shape index (κ2) is 12.0. The van der Waals surface area contributed by atoms with Crippen LogP contribution in [0, 0.1) is 23.7 Å². The number of aliphatic hydroxyl groups is 5. The SMILES string of the molecule is C=C1CC(OC(=O)C(O)Cc2ccc(O)cc2)C2C(=C)C(=O)OC2C2C1CC(O[C@@H]1O[C@H](CO)[C@@H](O)[C@H](O)[C@H]1O)C2C. The molecule has 8 unspecified atom stereocenters. The van der Waals surface area contributed by atoms with Gasteiger partial charge >= 0.3 is 11.9 Å². The lowest BCUT2D eigenvalue weighted by Crippen LogP contribution is -2.59. The summed E-state index contributed by atoms with van der Waals surface area (Å²) in [7, 11) is 0. The van der Waals surface area contributed by atoms with Crippen molar-refractivity contribution in [2.24, 2.45) is 23.7 Å². The first-order valence-electron chi connectivity index (χ1n) is 14.1. The lowest BCUT2D eigenvalue weighted by Gasteiger charge is -2.41. The number of carbonyl (C=O) groups is 2. The Morgan fingerprint density at radius 1 is 1.10 bits per heavy atom. The molecule has 2 saturated heterocycles. The Balaban J connectivity index is 1.32. The van der Waals surface area contributed by atoms with Crippen LogP contribution in [0.5, 0.6) is 5.75 Å². The summed E-state index contributed by atoms with van der Waals surface area (Å²) in [5, 5.41) is 60.4. The van der Waals surface area contributed by atoms with E-state index >= 15 is 0 Å². The Labute approximate surface area is 242 Å². The van der Waals surface area contributed by atoms with Gasteiger partial charge in [0.15, 0.2) is 12.4 Å². The molecule has 0 aromatic heterocycles. The highest BCUT2D eigenvalue weighted by Crippen LogP contribution is 2.54. The van der Waals surface area contributed by atoms with Crippen molar-refractivity contribution in [1.29, 1.82) is 0 Å². The monoisotopic (exact) mass is 590 g/mol. The third kappa shape index (κ3) is 5.60. The van der Waals surface area contributed by atoms with Crippen molar-refractivity contribution >= 4 is 11.9 Å². The summed E-state index contributed by atoms with van der Waals surface area (Å²) in [6.07, 6.45) is -10.1. The molecular formula is C30H38O12. The van der Waals surface area contributed by atoms with Gasteiger partial charge < -0.3 is 49.6 Å². The number of hydrogen-bond donors (Lipinski definition) is 6. The minimum Gasteiger partial charge on any atom is -0.508 e. The number of hydrogen-bond acceptors (Lipinski definition) is 12. The van der Waals surface area contributed by atoms with Gasteiger partial charge in [-0.1, -0.05) is 37.8 Å². The second-order valence-electron chi connectivity index (χ2n) is 11.8. The maximum atomic E-state index is 13.0.